The predicted molar refractivity (Wildman–Crippen MR) is 62.3 cm³/mol. The van der Waals surface area contributed by atoms with Gasteiger partial charge in [0.15, 0.2) is 0 Å². The van der Waals surface area contributed by atoms with Crippen LogP contribution in [0.15, 0.2) is 23.4 Å². The van der Waals surface area contributed by atoms with E-state index in [1.165, 1.54) is 11.8 Å². The van der Waals surface area contributed by atoms with E-state index in [1.807, 2.05) is 6.92 Å². The number of aliphatic hydroxyl groups is 1. The molecule has 1 aromatic rings. The number of aromatic nitrogens is 1. The molecule has 0 aliphatic rings. The average molecular weight is 225 g/mol. The second-order valence-corrected chi connectivity index (χ2v) is 4.64. The molecule has 0 aliphatic heterocycles. The van der Waals surface area contributed by atoms with E-state index in [0.717, 1.165) is 5.03 Å². The highest BCUT2D eigenvalue weighted by Crippen LogP contribution is 2.25. The number of hydrogen-bond acceptors (Lipinski definition) is 4. The number of amidine groups is 1. The molecule has 1 aromatic heterocycles. The van der Waals surface area contributed by atoms with Crippen LogP contribution in [0.3, 0.4) is 0 Å². The highest BCUT2D eigenvalue weighted by Gasteiger charge is 2.10. The number of nitrogens with two attached hydrogens (primary N) is 1. The smallest absolute Gasteiger partial charge is 0.125 e. The Kier molecular flexibility index (Phi) is 4.58. The summed E-state index contributed by atoms with van der Waals surface area (Å²) in [6, 6.07) is 3.54. The largest absolute Gasteiger partial charge is 0.396 e. The van der Waals surface area contributed by atoms with Crippen molar-refractivity contribution in [2.24, 2.45) is 5.73 Å². The molecule has 0 saturated heterocycles. The van der Waals surface area contributed by atoms with Crippen LogP contribution in [-0.4, -0.2) is 27.8 Å². The SMILES string of the molecule is CC(CCO)Sc1ncccc1C(=N)N. The molecule has 82 valence electrons. The fourth-order valence-corrected chi connectivity index (χ4v) is 2.15. The van der Waals surface area contributed by atoms with Gasteiger partial charge in [-0.05, 0) is 18.6 Å². The lowest BCUT2D eigenvalue weighted by molar-refractivity contribution is 0.289. The standard InChI is InChI=1S/C10H15N3OS/c1-7(4-6-14)15-10-8(9(11)12)3-2-5-13-10/h2-3,5,7,14H,4,6H2,1H3,(H3,11,12). The van der Waals surface area contributed by atoms with Crippen molar-refractivity contribution in [3.8, 4) is 0 Å². The summed E-state index contributed by atoms with van der Waals surface area (Å²) >= 11 is 1.53. The zero-order valence-corrected chi connectivity index (χ0v) is 9.42. The molecular formula is C10H15N3OS. The molecule has 0 radical (unpaired) electrons. The molecule has 4 nitrogen and oxygen atoms in total. The highest BCUT2D eigenvalue weighted by molar-refractivity contribution is 7.99. The van der Waals surface area contributed by atoms with Crippen LogP contribution in [0, 0.1) is 5.41 Å². The average Bonchev–Trinajstić information content (AvgIpc) is 2.18. The fourth-order valence-electron chi connectivity index (χ4n) is 1.12. The number of pyridine rings is 1. The first-order valence-electron chi connectivity index (χ1n) is 4.72. The molecule has 0 spiro atoms. The maximum atomic E-state index is 8.79. The van der Waals surface area contributed by atoms with E-state index >= 15 is 0 Å². The van der Waals surface area contributed by atoms with Gasteiger partial charge in [0.25, 0.3) is 0 Å². The minimum atomic E-state index is 0.0294. The zero-order valence-electron chi connectivity index (χ0n) is 8.60. The normalized spacial score (nSPS) is 12.4. The topological polar surface area (TPSA) is 83.0 Å². The van der Waals surface area contributed by atoms with Crippen LogP contribution in [0.4, 0.5) is 0 Å². The van der Waals surface area contributed by atoms with Gasteiger partial charge in [-0.3, -0.25) is 5.41 Å². The van der Waals surface area contributed by atoms with Crippen molar-refractivity contribution in [3.05, 3.63) is 23.9 Å². The third-order valence-corrected chi connectivity index (χ3v) is 3.10. The Bertz CT molecular complexity index is 343. The van der Waals surface area contributed by atoms with Crippen LogP contribution in [0.25, 0.3) is 0 Å². The zero-order chi connectivity index (χ0) is 11.3. The molecule has 1 unspecified atom stereocenters. The summed E-state index contributed by atoms with van der Waals surface area (Å²) in [5, 5.41) is 17.2. The van der Waals surface area contributed by atoms with Gasteiger partial charge in [-0.25, -0.2) is 4.98 Å². The Balaban J connectivity index is 2.79. The van der Waals surface area contributed by atoms with Crippen LogP contribution in [0.1, 0.15) is 18.9 Å². The third-order valence-electron chi connectivity index (χ3n) is 1.91. The molecule has 0 bridgehead atoms. The first-order valence-corrected chi connectivity index (χ1v) is 5.60. The van der Waals surface area contributed by atoms with E-state index in [0.29, 0.717) is 12.0 Å². The summed E-state index contributed by atoms with van der Waals surface area (Å²) in [5.41, 5.74) is 6.10. The van der Waals surface area contributed by atoms with Gasteiger partial charge < -0.3 is 10.8 Å². The van der Waals surface area contributed by atoms with Gasteiger partial charge in [-0.2, -0.15) is 0 Å². The molecular weight excluding hydrogens is 210 g/mol. The number of hydrogen-bond donors (Lipinski definition) is 3. The van der Waals surface area contributed by atoms with E-state index in [9.17, 15) is 0 Å². The predicted octanol–water partition coefficient (Wildman–Crippen LogP) is 1.23. The molecule has 1 atom stereocenters. The molecule has 0 amide bonds. The maximum Gasteiger partial charge on any atom is 0.125 e. The molecule has 1 heterocycles. The van der Waals surface area contributed by atoms with Gasteiger partial charge in [-0.15, -0.1) is 11.8 Å². The molecule has 0 saturated carbocycles. The first-order chi connectivity index (χ1) is 7.15. The lowest BCUT2D eigenvalue weighted by atomic mass is 10.3. The van der Waals surface area contributed by atoms with Gasteiger partial charge in [0.05, 0.1) is 0 Å². The Morgan fingerprint density at radius 3 is 3.07 bits per heavy atom. The van der Waals surface area contributed by atoms with Crippen molar-refractivity contribution in [3.63, 3.8) is 0 Å². The minimum absolute atomic E-state index is 0.0294. The summed E-state index contributed by atoms with van der Waals surface area (Å²) < 4.78 is 0. The third kappa shape index (κ3) is 3.53. The van der Waals surface area contributed by atoms with Crippen molar-refractivity contribution in [1.29, 1.82) is 5.41 Å². The summed E-state index contributed by atoms with van der Waals surface area (Å²) in [4.78, 5) is 4.18. The van der Waals surface area contributed by atoms with Gasteiger partial charge >= 0.3 is 0 Å². The van der Waals surface area contributed by atoms with Crippen molar-refractivity contribution in [2.45, 2.75) is 23.6 Å². The van der Waals surface area contributed by atoms with E-state index in [-0.39, 0.29) is 17.7 Å². The summed E-state index contributed by atoms with van der Waals surface area (Å²) in [7, 11) is 0. The Morgan fingerprint density at radius 2 is 2.47 bits per heavy atom. The number of nitrogens with one attached hydrogen (secondary N) is 1. The molecule has 5 heteroatoms. The minimum Gasteiger partial charge on any atom is -0.396 e. The second kappa shape index (κ2) is 5.72. The molecule has 15 heavy (non-hydrogen) atoms. The number of aliphatic hydroxyl groups excluding tert-OH is 1. The van der Waals surface area contributed by atoms with Gasteiger partial charge in [0, 0.05) is 23.6 Å². The van der Waals surface area contributed by atoms with E-state index in [2.05, 4.69) is 4.98 Å². The number of nitrogen functional groups attached to an aromatic ring is 1. The van der Waals surface area contributed by atoms with Crippen LogP contribution < -0.4 is 5.73 Å². The van der Waals surface area contributed by atoms with Crippen molar-refractivity contribution < 1.29 is 5.11 Å². The summed E-state index contributed by atoms with van der Waals surface area (Å²) in [5.74, 6) is 0.0294. The quantitative estimate of drug-likeness (QED) is 0.400. The van der Waals surface area contributed by atoms with Crippen molar-refractivity contribution in [1.82, 2.24) is 4.98 Å². The second-order valence-electron chi connectivity index (χ2n) is 3.21. The number of thioether (sulfide) groups is 1. The Morgan fingerprint density at radius 1 is 1.73 bits per heavy atom. The molecule has 0 fully saturated rings. The lowest BCUT2D eigenvalue weighted by Crippen LogP contribution is -2.13. The van der Waals surface area contributed by atoms with E-state index in [1.54, 1.807) is 18.3 Å². The molecule has 4 N–H and O–H groups in total. The molecule has 0 aromatic carbocycles. The number of nitrogens with zero attached hydrogens (tertiary/aromatic N) is 1. The van der Waals surface area contributed by atoms with Crippen LogP contribution in [0.2, 0.25) is 0 Å². The lowest BCUT2D eigenvalue weighted by Gasteiger charge is -2.11. The monoisotopic (exact) mass is 225 g/mol. The highest BCUT2D eigenvalue weighted by atomic mass is 32.2. The van der Waals surface area contributed by atoms with Crippen molar-refractivity contribution in [2.75, 3.05) is 6.61 Å². The van der Waals surface area contributed by atoms with E-state index < -0.39 is 0 Å². The molecule has 1 rings (SSSR count). The van der Waals surface area contributed by atoms with Gasteiger partial charge in [0.2, 0.25) is 0 Å². The Hall–Kier alpha value is -1.07. The summed E-state index contributed by atoms with van der Waals surface area (Å²) in [6.07, 6.45) is 2.39. The van der Waals surface area contributed by atoms with Crippen molar-refractivity contribution >= 4 is 17.6 Å². The van der Waals surface area contributed by atoms with Crippen LogP contribution in [0.5, 0.6) is 0 Å². The number of rotatable bonds is 5. The van der Waals surface area contributed by atoms with Crippen LogP contribution >= 0.6 is 11.8 Å². The maximum absolute atomic E-state index is 8.79. The van der Waals surface area contributed by atoms with E-state index in [4.69, 9.17) is 16.2 Å². The Labute approximate surface area is 93.4 Å². The summed E-state index contributed by atoms with van der Waals surface area (Å²) in [6.45, 7) is 2.18. The first kappa shape index (κ1) is 12.0. The van der Waals surface area contributed by atoms with Crippen LogP contribution in [-0.2, 0) is 0 Å². The fraction of sp³-hybridized carbons (Fsp3) is 0.400. The van der Waals surface area contributed by atoms with Gasteiger partial charge in [0.1, 0.15) is 10.9 Å². The molecule has 0 aliphatic carbocycles. The van der Waals surface area contributed by atoms with Gasteiger partial charge in [-0.1, -0.05) is 6.92 Å².